The SMILES string of the molecule is CN(C)c1cc(NS(=O)(=O)c2ccc(N)cc2)ccn1.Cl. The summed E-state index contributed by atoms with van der Waals surface area (Å²) in [5.41, 5.74) is 6.52. The maximum atomic E-state index is 12.2. The van der Waals surface area contributed by atoms with Crippen molar-refractivity contribution in [3.8, 4) is 0 Å². The molecule has 1 aromatic carbocycles. The van der Waals surface area contributed by atoms with E-state index in [1.54, 1.807) is 35.4 Å². The molecule has 0 amide bonds. The normalized spacial score (nSPS) is 10.6. The minimum absolute atomic E-state index is 0. The molecule has 0 saturated carbocycles. The molecule has 0 aliphatic heterocycles. The molecule has 0 radical (unpaired) electrons. The highest BCUT2D eigenvalue weighted by Gasteiger charge is 2.14. The first kappa shape index (κ1) is 17.1. The number of aromatic nitrogens is 1. The average Bonchev–Trinajstić information content (AvgIpc) is 2.39. The Hall–Kier alpha value is -1.99. The second-order valence-corrected chi connectivity index (χ2v) is 6.15. The lowest BCUT2D eigenvalue weighted by molar-refractivity contribution is 0.601. The summed E-state index contributed by atoms with van der Waals surface area (Å²) in [5.74, 6) is 0.669. The fourth-order valence-corrected chi connectivity index (χ4v) is 2.64. The van der Waals surface area contributed by atoms with Crippen molar-refractivity contribution in [2.75, 3.05) is 29.5 Å². The van der Waals surface area contributed by atoms with Crippen LogP contribution in [0.15, 0.2) is 47.5 Å². The van der Waals surface area contributed by atoms with E-state index in [2.05, 4.69) is 9.71 Å². The lowest BCUT2D eigenvalue weighted by Gasteiger charge is -2.13. The number of pyridine rings is 1. The molecular formula is C13H17ClN4O2S. The molecule has 0 bridgehead atoms. The van der Waals surface area contributed by atoms with Gasteiger partial charge in [-0.3, -0.25) is 4.72 Å². The van der Waals surface area contributed by atoms with Gasteiger partial charge in [0.15, 0.2) is 0 Å². The van der Waals surface area contributed by atoms with Crippen LogP contribution in [0.3, 0.4) is 0 Å². The number of nitrogens with one attached hydrogen (secondary N) is 1. The van der Waals surface area contributed by atoms with Crippen LogP contribution in [0.1, 0.15) is 0 Å². The van der Waals surface area contributed by atoms with Crippen molar-refractivity contribution in [3.05, 3.63) is 42.6 Å². The van der Waals surface area contributed by atoms with E-state index in [-0.39, 0.29) is 17.3 Å². The van der Waals surface area contributed by atoms with Crippen LogP contribution >= 0.6 is 12.4 Å². The van der Waals surface area contributed by atoms with E-state index in [1.807, 2.05) is 14.1 Å². The van der Waals surface area contributed by atoms with Crippen LogP contribution in [-0.4, -0.2) is 27.5 Å². The van der Waals surface area contributed by atoms with E-state index in [9.17, 15) is 8.42 Å². The Morgan fingerprint density at radius 3 is 2.33 bits per heavy atom. The van der Waals surface area contributed by atoms with Crippen LogP contribution in [0, 0.1) is 0 Å². The van der Waals surface area contributed by atoms with Crippen molar-refractivity contribution >= 4 is 39.6 Å². The van der Waals surface area contributed by atoms with Gasteiger partial charge in [-0.15, -0.1) is 12.4 Å². The molecule has 0 fully saturated rings. The minimum Gasteiger partial charge on any atom is -0.399 e. The zero-order valence-electron chi connectivity index (χ0n) is 11.6. The summed E-state index contributed by atoms with van der Waals surface area (Å²) in [6.45, 7) is 0. The van der Waals surface area contributed by atoms with Crippen LogP contribution in [0.4, 0.5) is 17.2 Å². The lowest BCUT2D eigenvalue weighted by atomic mass is 10.3. The monoisotopic (exact) mass is 328 g/mol. The number of nitrogens with zero attached hydrogens (tertiary/aromatic N) is 2. The predicted molar refractivity (Wildman–Crippen MR) is 87.5 cm³/mol. The van der Waals surface area contributed by atoms with Crippen molar-refractivity contribution in [3.63, 3.8) is 0 Å². The molecule has 6 nitrogen and oxygen atoms in total. The zero-order chi connectivity index (χ0) is 14.8. The van der Waals surface area contributed by atoms with Gasteiger partial charge >= 0.3 is 0 Å². The number of benzene rings is 1. The van der Waals surface area contributed by atoms with E-state index >= 15 is 0 Å². The first-order valence-corrected chi connectivity index (χ1v) is 7.38. The molecular weight excluding hydrogens is 312 g/mol. The summed E-state index contributed by atoms with van der Waals surface area (Å²) in [7, 11) is 0.0434. The molecule has 0 unspecified atom stereocenters. The quantitative estimate of drug-likeness (QED) is 0.837. The predicted octanol–water partition coefficient (Wildman–Crippen LogP) is 1.95. The maximum Gasteiger partial charge on any atom is 0.261 e. The molecule has 0 saturated heterocycles. The molecule has 8 heteroatoms. The van der Waals surface area contributed by atoms with Crippen molar-refractivity contribution in [2.45, 2.75) is 4.90 Å². The van der Waals surface area contributed by atoms with Gasteiger partial charge in [-0.05, 0) is 30.3 Å². The van der Waals surface area contributed by atoms with Gasteiger partial charge in [-0.2, -0.15) is 0 Å². The van der Waals surface area contributed by atoms with Crippen molar-refractivity contribution in [2.24, 2.45) is 0 Å². The molecule has 2 aromatic rings. The third-order valence-corrected chi connectivity index (χ3v) is 4.04. The Bertz CT molecular complexity index is 702. The van der Waals surface area contributed by atoms with Crippen LogP contribution in [0.5, 0.6) is 0 Å². The fraction of sp³-hybridized carbons (Fsp3) is 0.154. The Labute approximate surface area is 130 Å². The van der Waals surface area contributed by atoms with Crippen LogP contribution in [0.25, 0.3) is 0 Å². The third-order valence-electron chi connectivity index (χ3n) is 2.65. The Balaban J connectivity index is 0.00000220. The van der Waals surface area contributed by atoms with Gasteiger partial charge in [0.25, 0.3) is 10.0 Å². The summed E-state index contributed by atoms with van der Waals surface area (Å²) in [6.07, 6.45) is 1.55. The van der Waals surface area contributed by atoms with Gasteiger partial charge in [0.1, 0.15) is 5.82 Å². The molecule has 2 rings (SSSR count). The summed E-state index contributed by atoms with van der Waals surface area (Å²) in [6, 6.07) is 9.28. The summed E-state index contributed by atoms with van der Waals surface area (Å²) in [4.78, 5) is 6.08. The van der Waals surface area contributed by atoms with E-state index < -0.39 is 10.0 Å². The number of nitrogens with two attached hydrogens (primary N) is 1. The van der Waals surface area contributed by atoms with Crippen molar-refractivity contribution < 1.29 is 8.42 Å². The number of sulfonamides is 1. The first-order valence-electron chi connectivity index (χ1n) is 5.90. The van der Waals surface area contributed by atoms with Crippen LogP contribution in [-0.2, 0) is 10.0 Å². The van der Waals surface area contributed by atoms with Crippen LogP contribution in [0.2, 0.25) is 0 Å². The van der Waals surface area contributed by atoms with Gasteiger partial charge in [0.05, 0.1) is 10.6 Å². The van der Waals surface area contributed by atoms with Crippen LogP contribution < -0.4 is 15.4 Å². The molecule has 3 N–H and O–H groups in total. The van der Waals surface area contributed by atoms with E-state index in [0.717, 1.165) is 0 Å². The van der Waals surface area contributed by atoms with Crippen molar-refractivity contribution in [1.29, 1.82) is 0 Å². The standard InChI is InChI=1S/C13H16N4O2S.ClH/c1-17(2)13-9-11(7-8-15-13)16-20(18,19)12-5-3-10(14)4-6-12;/h3-9H,14H2,1-2H3,(H,15,16);1H. The molecule has 114 valence electrons. The van der Waals surface area contributed by atoms with Gasteiger partial charge in [0, 0.05) is 32.0 Å². The minimum atomic E-state index is -3.62. The molecule has 1 aromatic heterocycles. The topological polar surface area (TPSA) is 88.3 Å². The lowest BCUT2D eigenvalue weighted by Crippen LogP contribution is -2.15. The number of nitrogen functional groups attached to an aromatic ring is 1. The molecule has 0 aliphatic carbocycles. The molecule has 0 aliphatic rings. The number of anilines is 3. The van der Waals surface area contributed by atoms with Gasteiger partial charge in [-0.1, -0.05) is 0 Å². The maximum absolute atomic E-state index is 12.2. The third kappa shape index (κ3) is 4.24. The smallest absolute Gasteiger partial charge is 0.261 e. The summed E-state index contributed by atoms with van der Waals surface area (Å²) in [5, 5.41) is 0. The summed E-state index contributed by atoms with van der Waals surface area (Å²) >= 11 is 0. The first-order chi connectivity index (χ1) is 9.38. The highest BCUT2D eigenvalue weighted by Crippen LogP contribution is 2.19. The number of hydrogen-bond acceptors (Lipinski definition) is 5. The van der Waals surface area contributed by atoms with Gasteiger partial charge in [-0.25, -0.2) is 13.4 Å². The van der Waals surface area contributed by atoms with Gasteiger partial charge < -0.3 is 10.6 Å². The number of hydrogen-bond donors (Lipinski definition) is 2. The Kier molecular flexibility index (Phi) is 5.40. The summed E-state index contributed by atoms with van der Waals surface area (Å²) < 4.78 is 26.9. The highest BCUT2D eigenvalue weighted by atomic mass is 35.5. The molecule has 0 atom stereocenters. The Morgan fingerprint density at radius 2 is 1.76 bits per heavy atom. The second-order valence-electron chi connectivity index (χ2n) is 4.47. The fourth-order valence-electron chi connectivity index (χ4n) is 1.59. The zero-order valence-corrected chi connectivity index (χ0v) is 13.3. The molecule has 1 heterocycles. The van der Waals surface area contributed by atoms with E-state index in [4.69, 9.17) is 5.73 Å². The van der Waals surface area contributed by atoms with E-state index in [0.29, 0.717) is 17.2 Å². The average molecular weight is 329 g/mol. The van der Waals surface area contributed by atoms with Gasteiger partial charge in [0.2, 0.25) is 0 Å². The van der Waals surface area contributed by atoms with Crippen molar-refractivity contribution in [1.82, 2.24) is 4.98 Å². The number of halogens is 1. The molecule has 21 heavy (non-hydrogen) atoms. The van der Waals surface area contributed by atoms with E-state index in [1.165, 1.54) is 12.1 Å². The largest absolute Gasteiger partial charge is 0.399 e. The Morgan fingerprint density at radius 1 is 1.14 bits per heavy atom. The highest BCUT2D eigenvalue weighted by molar-refractivity contribution is 7.92. The molecule has 0 spiro atoms. The number of rotatable bonds is 4. The second kappa shape index (κ2) is 6.64.